The molecule has 0 aliphatic carbocycles. The first-order chi connectivity index (χ1) is 11.3. The molecule has 6 heteroatoms. The molecule has 0 radical (unpaired) electrons. The molecule has 0 atom stereocenters. The number of H-pyrrole nitrogens is 1. The molecule has 1 fully saturated rings. The van der Waals surface area contributed by atoms with Crippen LogP contribution in [0.3, 0.4) is 0 Å². The van der Waals surface area contributed by atoms with Crippen LogP contribution >= 0.6 is 0 Å². The van der Waals surface area contributed by atoms with Gasteiger partial charge in [0.2, 0.25) is 11.8 Å². The fourth-order valence-corrected chi connectivity index (χ4v) is 3.08. The van der Waals surface area contributed by atoms with Gasteiger partial charge in [-0.25, -0.2) is 0 Å². The molecule has 2 N–H and O–H groups in total. The maximum absolute atomic E-state index is 12.5. The van der Waals surface area contributed by atoms with E-state index in [0.717, 1.165) is 16.6 Å². The van der Waals surface area contributed by atoms with Gasteiger partial charge in [-0.15, -0.1) is 0 Å². The van der Waals surface area contributed by atoms with Crippen molar-refractivity contribution in [3.8, 4) is 0 Å². The molecule has 2 amide bonds. The van der Waals surface area contributed by atoms with Crippen molar-refractivity contribution in [2.24, 2.45) is 11.3 Å². The zero-order valence-electron chi connectivity index (χ0n) is 14.4. The molecular formula is C18H24N4O2. The van der Waals surface area contributed by atoms with E-state index in [-0.39, 0.29) is 23.1 Å². The maximum Gasteiger partial charge on any atom is 0.227 e. The highest BCUT2D eigenvalue weighted by Crippen LogP contribution is 2.25. The van der Waals surface area contributed by atoms with Gasteiger partial charge >= 0.3 is 0 Å². The van der Waals surface area contributed by atoms with Crippen molar-refractivity contribution >= 4 is 28.4 Å². The lowest BCUT2D eigenvalue weighted by Crippen LogP contribution is -2.45. The van der Waals surface area contributed by atoms with E-state index in [9.17, 15) is 9.59 Å². The number of fused-ring (bicyclic) bond motifs is 1. The van der Waals surface area contributed by atoms with Crippen LogP contribution < -0.4 is 5.32 Å². The molecule has 2 heterocycles. The lowest BCUT2D eigenvalue weighted by molar-refractivity contribution is -0.142. The summed E-state index contributed by atoms with van der Waals surface area (Å²) in [5, 5.41) is 10.8. The van der Waals surface area contributed by atoms with E-state index in [4.69, 9.17) is 0 Å². The minimum absolute atomic E-state index is 0.0284. The van der Waals surface area contributed by atoms with Crippen LogP contribution in [-0.2, 0) is 9.59 Å². The molecule has 24 heavy (non-hydrogen) atoms. The Hall–Kier alpha value is -2.37. The van der Waals surface area contributed by atoms with Gasteiger partial charge in [0.25, 0.3) is 0 Å². The van der Waals surface area contributed by atoms with E-state index in [0.29, 0.717) is 25.9 Å². The van der Waals surface area contributed by atoms with Crippen molar-refractivity contribution in [1.82, 2.24) is 15.1 Å². The van der Waals surface area contributed by atoms with Gasteiger partial charge in [0.15, 0.2) is 0 Å². The van der Waals surface area contributed by atoms with E-state index in [1.807, 2.05) is 43.9 Å². The van der Waals surface area contributed by atoms with Gasteiger partial charge in [-0.3, -0.25) is 14.7 Å². The average Bonchev–Trinajstić information content (AvgIpc) is 3.01. The summed E-state index contributed by atoms with van der Waals surface area (Å²) < 4.78 is 0. The van der Waals surface area contributed by atoms with Gasteiger partial charge in [0.05, 0.1) is 11.7 Å². The smallest absolute Gasteiger partial charge is 0.227 e. The number of likely N-dealkylation sites (tertiary alicyclic amines) is 1. The number of benzene rings is 1. The molecule has 1 aliphatic heterocycles. The van der Waals surface area contributed by atoms with Crippen molar-refractivity contribution < 1.29 is 9.59 Å². The third-order valence-corrected chi connectivity index (χ3v) is 4.50. The topological polar surface area (TPSA) is 78.1 Å². The monoisotopic (exact) mass is 328 g/mol. The summed E-state index contributed by atoms with van der Waals surface area (Å²) in [5.41, 5.74) is 1.36. The third kappa shape index (κ3) is 3.42. The van der Waals surface area contributed by atoms with Crippen LogP contribution in [0.25, 0.3) is 10.9 Å². The molecule has 128 valence electrons. The lowest BCUT2D eigenvalue weighted by Gasteiger charge is -2.35. The fourth-order valence-electron chi connectivity index (χ4n) is 3.08. The number of nitrogens with zero attached hydrogens (tertiary/aromatic N) is 2. The standard InChI is InChI=1S/C18H24N4O2/c1-18(2,3)17(24)22-8-6-12(7-9-22)16(23)20-14-4-5-15-13(10-14)11-19-21-15/h4-5,10-12H,6-9H2,1-3H3,(H,19,21)(H,20,23). The second-order valence-electron chi connectivity index (χ2n) is 7.48. The summed E-state index contributed by atoms with van der Waals surface area (Å²) in [6.07, 6.45) is 3.16. The number of carbonyl (C=O) groups excluding carboxylic acids is 2. The predicted molar refractivity (Wildman–Crippen MR) is 93.5 cm³/mol. The molecular weight excluding hydrogens is 304 g/mol. The van der Waals surface area contributed by atoms with Crippen molar-refractivity contribution in [2.75, 3.05) is 18.4 Å². The highest BCUT2D eigenvalue weighted by atomic mass is 16.2. The van der Waals surface area contributed by atoms with E-state index < -0.39 is 0 Å². The van der Waals surface area contributed by atoms with Crippen molar-refractivity contribution in [1.29, 1.82) is 0 Å². The molecule has 6 nitrogen and oxygen atoms in total. The number of aromatic amines is 1. The molecule has 0 spiro atoms. The summed E-state index contributed by atoms with van der Waals surface area (Å²) in [4.78, 5) is 26.7. The van der Waals surface area contributed by atoms with Crippen molar-refractivity contribution in [3.05, 3.63) is 24.4 Å². The number of aromatic nitrogens is 2. The van der Waals surface area contributed by atoms with E-state index >= 15 is 0 Å². The molecule has 1 aromatic heterocycles. The Morgan fingerprint density at radius 1 is 1.25 bits per heavy atom. The highest BCUT2D eigenvalue weighted by Gasteiger charge is 2.32. The fraction of sp³-hybridized carbons (Fsp3) is 0.500. The second kappa shape index (κ2) is 6.26. The number of hydrogen-bond acceptors (Lipinski definition) is 3. The molecule has 2 aromatic rings. The zero-order valence-corrected chi connectivity index (χ0v) is 14.4. The average molecular weight is 328 g/mol. The third-order valence-electron chi connectivity index (χ3n) is 4.50. The first-order valence-corrected chi connectivity index (χ1v) is 8.38. The van der Waals surface area contributed by atoms with E-state index in [1.165, 1.54) is 0 Å². The molecule has 0 saturated carbocycles. The number of hydrogen-bond donors (Lipinski definition) is 2. The van der Waals surface area contributed by atoms with Gasteiger partial charge in [0, 0.05) is 35.5 Å². The van der Waals surface area contributed by atoms with Crippen LogP contribution in [0, 0.1) is 11.3 Å². The van der Waals surface area contributed by atoms with Crippen LogP contribution in [0.15, 0.2) is 24.4 Å². The minimum Gasteiger partial charge on any atom is -0.342 e. The van der Waals surface area contributed by atoms with Gasteiger partial charge in [0.1, 0.15) is 0 Å². The molecule has 0 bridgehead atoms. The number of piperidine rings is 1. The number of carbonyl (C=O) groups is 2. The maximum atomic E-state index is 12.5. The largest absolute Gasteiger partial charge is 0.342 e. The Labute approximate surface area is 141 Å². The SMILES string of the molecule is CC(C)(C)C(=O)N1CCC(C(=O)Nc2ccc3[nH]ncc3c2)CC1. The zero-order chi connectivity index (χ0) is 17.3. The Morgan fingerprint density at radius 3 is 2.62 bits per heavy atom. The van der Waals surface area contributed by atoms with Crippen molar-refractivity contribution in [3.63, 3.8) is 0 Å². The van der Waals surface area contributed by atoms with Crippen LogP contribution in [0.5, 0.6) is 0 Å². The van der Waals surface area contributed by atoms with Crippen LogP contribution in [0.2, 0.25) is 0 Å². The lowest BCUT2D eigenvalue weighted by atomic mass is 9.90. The van der Waals surface area contributed by atoms with Crippen molar-refractivity contribution in [2.45, 2.75) is 33.6 Å². The Bertz CT molecular complexity index is 752. The number of rotatable bonds is 2. The number of nitrogens with one attached hydrogen (secondary N) is 2. The normalized spacial score (nSPS) is 16.4. The Balaban J connectivity index is 1.58. The summed E-state index contributed by atoms with van der Waals surface area (Å²) in [6.45, 7) is 7.09. The molecule has 0 unspecified atom stereocenters. The quantitative estimate of drug-likeness (QED) is 0.890. The number of amides is 2. The Kier molecular flexibility index (Phi) is 4.30. The first kappa shape index (κ1) is 16.5. The molecule has 1 aromatic carbocycles. The van der Waals surface area contributed by atoms with Crippen LogP contribution in [-0.4, -0.2) is 40.0 Å². The predicted octanol–water partition coefficient (Wildman–Crippen LogP) is 2.79. The van der Waals surface area contributed by atoms with E-state index in [1.54, 1.807) is 6.20 Å². The molecule has 1 aliphatic rings. The second-order valence-corrected chi connectivity index (χ2v) is 7.48. The van der Waals surface area contributed by atoms with Crippen LogP contribution in [0.4, 0.5) is 5.69 Å². The molecule has 1 saturated heterocycles. The van der Waals surface area contributed by atoms with Gasteiger partial charge in [-0.05, 0) is 31.0 Å². The molecule has 3 rings (SSSR count). The first-order valence-electron chi connectivity index (χ1n) is 8.38. The summed E-state index contributed by atoms with van der Waals surface area (Å²) >= 11 is 0. The highest BCUT2D eigenvalue weighted by molar-refractivity contribution is 5.95. The summed E-state index contributed by atoms with van der Waals surface area (Å²) in [5.74, 6) is 0.140. The van der Waals surface area contributed by atoms with Crippen LogP contribution in [0.1, 0.15) is 33.6 Å². The number of anilines is 1. The van der Waals surface area contributed by atoms with Gasteiger partial charge < -0.3 is 10.2 Å². The summed E-state index contributed by atoms with van der Waals surface area (Å²) in [7, 11) is 0. The van der Waals surface area contributed by atoms with Gasteiger partial charge in [-0.2, -0.15) is 5.10 Å². The summed E-state index contributed by atoms with van der Waals surface area (Å²) in [6, 6.07) is 5.69. The van der Waals surface area contributed by atoms with Gasteiger partial charge in [-0.1, -0.05) is 20.8 Å². The minimum atomic E-state index is -0.366. The Morgan fingerprint density at radius 2 is 1.96 bits per heavy atom. The van der Waals surface area contributed by atoms with E-state index in [2.05, 4.69) is 15.5 Å².